The molecule has 1 heterocycles. The summed E-state index contributed by atoms with van der Waals surface area (Å²) in [5.41, 5.74) is 5.65. The number of carbonyl (C=O) groups excluding carboxylic acids is 4. The number of hydrogen-bond donors (Lipinski definition) is 3. The Morgan fingerprint density at radius 3 is 2.50 bits per heavy atom. The quantitative estimate of drug-likeness (QED) is 0.280. The van der Waals surface area contributed by atoms with Crippen LogP contribution < -0.4 is 11.2 Å². The van der Waals surface area contributed by atoms with Crippen molar-refractivity contribution < 1.29 is 28.0 Å². The zero-order valence-corrected chi connectivity index (χ0v) is 18.4. The van der Waals surface area contributed by atoms with Crippen LogP contribution in [0.3, 0.4) is 0 Å². The number of hydrogen-bond acceptors (Lipinski definition) is 4. The molecule has 0 saturated carbocycles. The van der Waals surface area contributed by atoms with E-state index in [4.69, 9.17) is 17.3 Å². The van der Waals surface area contributed by atoms with Crippen molar-refractivity contribution in [3.8, 4) is 0 Å². The third-order valence-corrected chi connectivity index (χ3v) is 4.91. The van der Waals surface area contributed by atoms with Crippen LogP contribution in [-0.4, -0.2) is 45.7 Å². The van der Waals surface area contributed by atoms with E-state index in [0.717, 1.165) is 0 Å². The number of primary amides is 1. The topological polar surface area (TPSA) is 125 Å². The molecule has 174 valence electrons. The van der Waals surface area contributed by atoms with Crippen LogP contribution in [0.1, 0.15) is 43.6 Å². The Balaban J connectivity index is 2.18. The van der Waals surface area contributed by atoms with Crippen molar-refractivity contribution in [2.45, 2.75) is 38.7 Å². The lowest BCUT2D eigenvalue weighted by Gasteiger charge is -2.26. The van der Waals surface area contributed by atoms with Crippen LogP contribution in [0.2, 0.25) is 0 Å². The van der Waals surface area contributed by atoms with E-state index in [1.165, 1.54) is 24.3 Å². The highest BCUT2D eigenvalue weighted by molar-refractivity contribution is 6.29. The fraction of sp³-hybridized carbons (Fsp3) is 0.429. The third kappa shape index (κ3) is 7.01. The van der Waals surface area contributed by atoms with Crippen LogP contribution in [0.5, 0.6) is 0 Å². The number of nitrogens with one attached hydrogen (secondary N) is 2. The Hall–Kier alpha value is -3.01. The zero-order valence-electron chi connectivity index (χ0n) is 17.7. The fourth-order valence-electron chi connectivity index (χ4n) is 3.22. The summed E-state index contributed by atoms with van der Waals surface area (Å²) in [4.78, 5) is 51.5. The van der Waals surface area contributed by atoms with Gasteiger partial charge in [-0.25, -0.2) is 13.8 Å². The molecule has 0 radical (unpaired) electrons. The van der Waals surface area contributed by atoms with Gasteiger partial charge in [-0.3, -0.25) is 24.6 Å². The number of halogens is 3. The Labute approximate surface area is 188 Å². The number of Topliss-reactive ketones (excluding diaryl/α,β-unsaturated/α-hetero) is 1. The van der Waals surface area contributed by atoms with Gasteiger partial charge in [0.1, 0.15) is 5.82 Å². The fourth-order valence-corrected chi connectivity index (χ4v) is 3.34. The van der Waals surface area contributed by atoms with Crippen molar-refractivity contribution in [1.82, 2.24) is 15.4 Å². The van der Waals surface area contributed by atoms with Crippen LogP contribution in [0.4, 0.5) is 8.78 Å². The predicted molar refractivity (Wildman–Crippen MR) is 115 cm³/mol. The average Bonchev–Trinajstić information content (AvgIpc) is 3.12. The Kier molecular flexibility index (Phi) is 8.71. The highest BCUT2D eigenvalue weighted by Gasteiger charge is 2.29. The molecule has 0 fully saturated rings. The summed E-state index contributed by atoms with van der Waals surface area (Å²) in [6, 6.07) is 5.54. The molecule has 2 aromatic rings. The van der Waals surface area contributed by atoms with Gasteiger partial charge in [-0.15, -0.1) is 0 Å². The number of alkyl halides is 2. The number of hydrazine groups is 1. The molecule has 0 aliphatic rings. The second-order valence-corrected chi connectivity index (χ2v) is 8.23. The molecule has 2 rings (SSSR count). The molecule has 32 heavy (non-hydrogen) atoms. The number of ketones is 1. The smallest absolute Gasteiger partial charge is 0.291 e. The minimum absolute atomic E-state index is 0.0204. The SMILES string of the molecule is CC(C)C[C@H](CC(=O)c1cc2cc(F)ccc2[nH]1)C(=O)NN(CCC(N)=O)C(=O)[C@@H](F)Cl. The van der Waals surface area contributed by atoms with Crippen LogP contribution in [0.15, 0.2) is 24.3 Å². The maximum absolute atomic E-state index is 13.4. The van der Waals surface area contributed by atoms with Gasteiger partial charge in [0, 0.05) is 29.7 Å². The van der Waals surface area contributed by atoms with E-state index < -0.39 is 40.9 Å². The first-order chi connectivity index (χ1) is 15.0. The molecule has 3 amide bonds. The molecule has 2 atom stereocenters. The lowest BCUT2D eigenvalue weighted by molar-refractivity contribution is -0.145. The summed E-state index contributed by atoms with van der Waals surface area (Å²) in [7, 11) is 0. The minimum Gasteiger partial charge on any atom is -0.370 e. The van der Waals surface area contributed by atoms with Crippen molar-refractivity contribution in [1.29, 1.82) is 0 Å². The number of aromatic amines is 1. The van der Waals surface area contributed by atoms with E-state index >= 15 is 0 Å². The zero-order chi connectivity index (χ0) is 24.0. The number of amides is 3. The number of rotatable bonds is 10. The summed E-state index contributed by atoms with van der Waals surface area (Å²) in [5.74, 6) is -4.39. The van der Waals surface area contributed by atoms with Gasteiger partial charge < -0.3 is 10.7 Å². The second-order valence-electron chi connectivity index (χ2n) is 7.85. The van der Waals surface area contributed by atoms with E-state index in [1.54, 1.807) is 0 Å². The van der Waals surface area contributed by atoms with E-state index in [1.807, 2.05) is 13.8 Å². The number of carbonyl (C=O) groups is 4. The molecule has 4 N–H and O–H groups in total. The number of nitrogens with two attached hydrogens (primary N) is 1. The maximum atomic E-state index is 13.4. The van der Waals surface area contributed by atoms with Crippen LogP contribution in [-0.2, 0) is 14.4 Å². The highest BCUT2D eigenvalue weighted by atomic mass is 35.5. The first-order valence-electron chi connectivity index (χ1n) is 9.97. The second kappa shape index (κ2) is 11.0. The molecule has 0 aliphatic carbocycles. The van der Waals surface area contributed by atoms with Crippen LogP contribution in [0.25, 0.3) is 10.9 Å². The number of aromatic nitrogens is 1. The molecule has 0 bridgehead atoms. The van der Waals surface area contributed by atoms with E-state index in [0.29, 0.717) is 22.3 Å². The largest absolute Gasteiger partial charge is 0.370 e. The van der Waals surface area contributed by atoms with Gasteiger partial charge in [0.15, 0.2) is 5.78 Å². The monoisotopic (exact) mass is 470 g/mol. The standard InChI is InChI=1S/C21H25ClF2N4O4/c1-11(2)7-13(20(31)27-28(6-5-18(25)30)21(32)19(22)24)10-17(29)16-9-12-8-14(23)3-4-15(12)26-16/h3-4,8-9,11,13,19,26H,5-7,10H2,1-2H3,(H2,25,30)(H,27,31)/t13-,19-/m1/s1. The molecular weight excluding hydrogens is 446 g/mol. The average molecular weight is 471 g/mol. The molecular formula is C21H25ClF2N4O4. The van der Waals surface area contributed by atoms with Gasteiger partial charge in [0.05, 0.1) is 12.2 Å². The van der Waals surface area contributed by atoms with Crippen molar-refractivity contribution in [2.24, 2.45) is 17.6 Å². The number of H-pyrrole nitrogens is 1. The lowest BCUT2D eigenvalue weighted by Crippen LogP contribution is -2.51. The molecule has 1 aromatic carbocycles. The summed E-state index contributed by atoms with van der Waals surface area (Å²) < 4.78 is 26.7. The van der Waals surface area contributed by atoms with Crippen molar-refractivity contribution >= 4 is 46.0 Å². The van der Waals surface area contributed by atoms with Gasteiger partial charge in [0.2, 0.25) is 11.8 Å². The van der Waals surface area contributed by atoms with Gasteiger partial charge >= 0.3 is 0 Å². The van der Waals surface area contributed by atoms with Crippen molar-refractivity contribution in [2.75, 3.05) is 6.54 Å². The van der Waals surface area contributed by atoms with E-state index in [9.17, 15) is 28.0 Å². The summed E-state index contributed by atoms with van der Waals surface area (Å²) in [6.45, 7) is 3.33. The predicted octanol–water partition coefficient (Wildman–Crippen LogP) is 2.81. The van der Waals surface area contributed by atoms with Gasteiger partial charge in [-0.05, 0) is 36.6 Å². The van der Waals surface area contributed by atoms with Gasteiger partial charge in [0.25, 0.3) is 11.5 Å². The van der Waals surface area contributed by atoms with Gasteiger partial charge in [-0.1, -0.05) is 25.4 Å². The number of nitrogens with zero attached hydrogens (tertiary/aromatic N) is 1. The van der Waals surface area contributed by atoms with E-state index in [-0.39, 0.29) is 31.0 Å². The Morgan fingerprint density at radius 1 is 1.22 bits per heavy atom. The summed E-state index contributed by atoms with van der Waals surface area (Å²) in [6.07, 6.45) is -0.240. The number of benzene rings is 1. The van der Waals surface area contributed by atoms with Gasteiger partial charge in [-0.2, -0.15) is 0 Å². The maximum Gasteiger partial charge on any atom is 0.291 e. The van der Waals surface area contributed by atoms with Crippen molar-refractivity contribution in [3.05, 3.63) is 35.8 Å². The summed E-state index contributed by atoms with van der Waals surface area (Å²) >= 11 is 5.19. The lowest BCUT2D eigenvalue weighted by atomic mass is 9.91. The van der Waals surface area contributed by atoms with Crippen molar-refractivity contribution in [3.63, 3.8) is 0 Å². The molecule has 8 nitrogen and oxygen atoms in total. The normalized spacial score (nSPS) is 13.1. The molecule has 11 heteroatoms. The molecule has 0 unspecified atom stereocenters. The third-order valence-electron chi connectivity index (χ3n) is 4.72. The van der Waals surface area contributed by atoms with E-state index in [2.05, 4.69) is 10.4 Å². The minimum atomic E-state index is -2.43. The Morgan fingerprint density at radius 2 is 1.91 bits per heavy atom. The molecule has 0 spiro atoms. The van der Waals surface area contributed by atoms with Crippen LogP contribution in [0, 0.1) is 17.7 Å². The van der Waals surface area contributed by atoms with Crippen LogP contribution >= 0.6 is 11.6 Å². The Bertz CT molecular complexity index is 1010. The molecule has 0 aliphatic heterocycles. The molecule has 0 saturated heterocycles. The highest BCUT2D eigenvalue weighted by Crippen LogP contribution is 2.22. The first-order valence-corrected chi connectivity index (χ1v) is 10.4. The molecule has 1 aromatic heterocycles. The summed E-state index contributed by atoms with van der Waals surface area (Å²) in [5, 5.41) is 1.10. The number of fused-ring (bicyclic) bond motifs is 1. The first kappa shape index (κ1) is 25.3.